The number of fused-ring (bicyclic) bond motifs is 1. The SMILES string of the molecule is C=C(C)CN(CC)Cc1cccc2c1CCNC2. The molecule has 0 saturated heterocycles. The van der Waals surface area contributed by atoms with Crippen LogP contribution in [0.5, 0.6) is 0 Å². The zero-order valence-electron chi connectivity index (χ0n) is 11.6. The van der Waals surface area contributed by atoms with Crippen molar-refractivity contribution in [2.75, 3.05) is 19.6 Å². The first-order valence-electron chi connectivity index (χ1n) is 6.87. The highest BCUT2D eigenvalue weighted by molar-refractivity contribution is 5.37. The Morgan fingerprint density at radius 2 is 2.28 bits per heavy atom. The number of hydrogen-bond donors (Lipinski definition) is 1. The van der Waals surface area contributed by atoms with Gasteiger partial charge in [-0.05, 0) is 43.1 Å². The van der Waals surface area contributed by atoms with Crippen molar-refractivity contribution in [2.24, 2.45) is 0 Å². The maximum Gasteiger partial charge on any atom is 0.0239 e. The Morgan fingerprint density at radius 3 is 3.00 bits per heavy atom. The predicted molar refractivity (Wildman–Crippen MR) is 77.6 cm³/mol. The Hall–Kier alpha value is -1.12. The number of hydrogen-bond acceptors (Lipinski definition) is 2. The van der Waals surface area contributed by atoms with E-state index in [0.717, 1.165) is 39.1 Å². The quantitative estimate of drug-likeness (QED) is 0.801. The van der Waals surface area contributed by atoms with Crippen molar-refractivity contribution in [3.8, 4) is 0 Å². The van der Waals surface area contributed by atoms with Crippen LogP contribution in [0, 0.1) is 0 Å². The summed E-state index contributed by atoms with van der Waals surface area (Å²) in [5, 5.41) is 3.44. The van der Waals surface area contributed by atoms with Gasteiger partial charge in [-0.15, -0.1) is 0 Å². The average Bonchev–Trinajstić information content (AvgIpc) is 2.38. The monoisotopic (exact) mass is 244 g/mol. The van der Waals surface area contributed by atoms with E-state index in [1.165, 1.54) is 16.7 Å². The van der Waals surface area contributed by atoms with Crippen molar-refractivity contribution in [1.29, 1.82) is 0 Å². The lowest BCUT2D eigenvalue weighted by Gasteiger charge is -2.25. The summed E-state index contributed by atoms with van der Waals surface area (Å²) in [5.74, 6) is 0. The molecular formula is C16H24N2. The minimum absolute atomic E-state index is 0.998. The first-order valence-corrected chi connectivity index (χ1v) is 6.87. The molecule has 0 fully saturated rings. The van der Waals surface area contributed by atoms with Crippen molar-refractivity contribution in [2.45, 2.75) is 33.4 Å². The van der Waals surface area contributed by atoms with Gasteiger partial charge in [-0.2, -0.15) is 0 Å². The molecule has 0 spiro atoms. The summed E-state index contributed by atoms with van der Waals surface area (Å²) in [6.07, 6.45) is 1.16. The molecule has 18 heavy (non-hydrogen) atoms. The van der Waals surface area contributed by atoms with Gasteiger partial charge >= 0.3 is 0 Å². The minimum atomic E-state index is 0.998. The van der Waals surface area contributed by atoms with Crippen LogP contribution in [-0.2, 0) is 19.5 Å². The highest BCUT2D eigenvalue weighted by Crippen LogP contribution is 2.20. The molecule has 0 amide bonds. The summed E-state index contributed by atoms with van der Waals surface area (Å²) in [5.41, 5.74) is 5.78. The standard InChI is InChI=1S/C16H24N2/c1-4-18(11-13(2)3)12-15-7-5-6-14-10-17-9-8-16(14)15/h5-7,17H,2,4,8-12H2,1,3H3. The molecule has 0 atom stereocenters. The second-order valence-electron chi connectivity index (χ2n) is 5.24. The van der Waals surface area contributed by atoms with E-state index in [1.54, 1.807) is 5.56 Å². The normalized spacial score (nSPS) is 14.6. The molecule has 0 saturated carbocycles. The largest absolute Gasteiger partial charge is 0.312 e. The Labute approximate surface area is 111 Å². The van der Waals surface area contributed by atoms with E-state index >= 15 is 0 Å². The van der Waals surface area contributed by atoms with Gasteiger partial charge in [0.2, 0.25) is 0 Å². The topological polar surface area (TPSA) is 15.3 Å². The van der Waals surface area contributed by atoms with Crippen LogP contribution in [0.4, 0.5) is 0 Å². The van der Waals surface area contributed by atoms with Crippen LogP contribution < -0.4 is 5.32 Å². The first kappa shape index (κ1) is 13.3. The van der Waals surface area contributed by atoms with Crippen LogP contribution in [-0.4, -0.2) is 24.5 Å². The molecule has 1 aromatic rings. The highest BCUT2D eigenvalue weighted by Gasteiger charge is 2.14. The zero-order valence-corrected chi connectivity index (χ0v) is 11.6. The summed E-state index contributed by atoms with van der Waals surface area (Å²) < 4.78 is 0. The minimum Gasteiger partial charge on any atom is -0.312 e. The molecule has 0 radical (unpaired) electrons. The maximum atomic E-state index is 4.02. The molecule has 2 heteroatoms. The van der Waals surface area contributed by atoms with Crippen LogP contribution >= 0.6 is 0 Å². The van der Waals surface area contributed by atoms with Crippen molar-refractivity contribution in [3.05, 3.63) is 47.0 Å². The fraction of sp³-hybridized carbons (Fsp3) is 0.500. The van der Waals surface area contributed by atoms with Gasteiger partial charge in [-0.25, -0.2) is 0 Å². The number of nitrogens with zero attached hydrogens (tertiary/aromatic N) is 1. The summed E-state index contributed by atoms with van der Waals surface area (Å²) in [6.45, 7) is 13.6. The summed E-state index contributed by atoms with van der Waals surface area (Å²) in [4.78, 5) is 2.46. The number of nitrogens with one attached hydrogen (secondary N) is 1. The lowest BCUT2D eigenvalue weighted by molar-refractivity contribution is 0.303. The van der Waals surface area contributed by atoms with Crippen molar-refractivity contribution in [3.63, 3.8) is 0 Å². The predicted octanol–water partition coefficient (Wildman–Crippen LogP) is 2.73. The first-order chi connectivity index (χ1) is 8.70. The van der Waals surface area contributed by atoms with E-state index in [0.29, 0.717) is 0 Å². The molecule has 1 aromatic carbocycles. The summed E-state index contributed by atoms with van der Waals surface area (Å²) in [7, 11) is 0. The Bertz CT molecular complexity index is 423. The van der Waals surface area contributed by atoms with E-state index in [9.17, 15) is 0 Å². The second kappa shape index (κ2) is 6.17. The average molecular weight is 244 g/mol. The molecule has 1 aliphatic rings. The molecule has 1 N–H and O–H groups in total. The van der Waals surface area contributed by atoms with E-state index in [-0.39, 0.29) is 0 Å². The van der Waals surface area contributed by atoms with E-state index in [2.05, 4.69) is 48.8 Å². The van der Waals surface area contributed by atoms with Crippen molar-refractivity contribution < 1.29 is 0 Å². The summed E-state index contributed by atoms with van der Waals surface area (Å²) >= 11 is 0. The second-order valence-corrected chi connectivity index (χ2v) is 5.24. The van der Waals surface area contributed by atoms with E-state index in [1.807, 2.05) is 0 Å². The van der Waals surface area contributed by atoms with E-state index in [4.69, 9.17) is 0 Å². The van der Waals surface area contributed by atoms with Crippen LogP contribution in [0.3, 0.4) is 0 Å². The van der Waals surface area contributed by atoms with Crippen LogP contribution in [0.2, 0.25) is 0 Å². The molecular weight excluding hydrogens is 220 g/mol. The lowest BCUT2D eigenvalue weighted by atomic mass is 9.95. The number of rotatable bonds is 5. The number of benzene rings is 1. The smallest absolute Gasteiger partial charge is 0.0239 e. The fourth-order valence-corrected chi connectivity index (χ4v) is 2.66. The van der Waals surface area contributed by atoms with Gasteiger partial charge in [0.15, 0.2) is 0 Å². The third-order valence-electron chi connectivity index (χ3n) is 3.57. The van der Waals surface area contributed by atoms with Crippen molar-refractivity contribution in [1.82, 2.24) is 10.2 Å². The molecule has 98 valence electrons. The van der Waals surface area contributed by atoms with Crippen LogP contribution in [0.25, 0.3) is 0 Å². The van der Waals surface area contributed by atoms with Crippen LogP contribution in [0.1, 0.15) is 30.5 Å². The lowest BCUT2D eigenvalue weighted by Crippen LogP contribution is -2.28. The van der Waals surface area contributed by atoms with Gasteiger partial charge in [0.1, 0.15) is 0 Å². The third-order valence-corrected chi connectivity index (χ3v) is 3.57. The molecule has 0 aliphatic carbocycles. The Kier molecular flexibility index (Phi) is 4.56. The van der Waals surface area contributed by atoms with Crippen molar-refractivity contribution >= 4 is 0 Å². The molecule has 1 aliphatic heterocycles. The van der Waals surface area contributed by atoms with Gasteiger partial charge in [-0.1, -0.05) is 37.3 Å². The number of likely N-dealkylation sites (N-methyl/N-ethyl adjacent to an activating group) is 1. The molecule has 2 rings (SSSR count). The Morgan fingerprint density at radius 1 is 1.44 bits per heavy atom. The third kappa shape index (κ3) is 3.21. The van der Waals surface area contributed by atoms with Gasteiger partial charge in [-0.3, -0.25) is 4.90 Å². The zero-order chi connectivity index (χ0) is 13.0. The van der Waals surface area contributed by atoms with E-state index < -0.39 is 0 Å². The molecule has 2 nitrogen and oxygen atoms in total. The molecule has 0 bridgehead atoms. The van der Waals surface area contributed by atoms with Gasteiger partial charge in [0.25, 0.3) is 0 Å². The Balaban J connectivity index is 2.15. The maximum absolute atomic E-state index is 4.02. The summed E-state index contributed by atoms with van der Waals surface area (Å²) in [6, 6.07) is 6.72. The fourth-order valence-electron chi connectivity index (χ4n) is 2.66. The molecule has 1 heterocycles. The van der Waals surface area contributed by atoms with Gasteiger partial charge in [0, 0.05) is 19.6 Å². The van der Waals surface area contributed by atoms with Crippen LogP contribution in [0.15, 0.2) is 30.4 Å². The van der Waals surface area contributed by atoms with Gasteiger partial charge < -0.3 is 5.32 Å². The molecule has 0 aromatic heterocycles. The van der Waals surface area contributed by atoms with Gasteiger partial charge in [0.05, 0.1) is 0 Å². The molecule has 0 unspecified atom stereocenters. The highest BCUT2D eigenvalue weighted by atomic mass is 15.1.